The summed E-state index contributed by atoms with van der Waals surface area (Å²) in [6.07, 6.45) is 11.5. The second-order valence-corrected chi connectivity index (χ2v) is 9.32. The Kier molecular flexibility index (Phi) is 7.87. The van der Waals surface area contributed by atoms with Crippen molar-refractivity contribution >= 4 is 5.97 Å². The summed E-state index contributed by atoms with van der Waals surface area (Å²) < 4.78 is 5.88. The Morgan fingerprint density at radius 2 is 1.81 bits per heavy atom. The number of rotatable bonds is 8. The zero-order valence-corrected chi connectivity index (χ0v) is 18.8. The summed E-state index contributed by atoms with van der Waals surface area (Å²) in [5.74, 6) is 0.448. The minimum atomic E-state index is -1.61. The largest absolute Gasteiger partial charge is 0.463 e. The van der Waals surface area contributed by atoms with E-state index in [1.54, 1.807) is 18.5 Å². The van der Waals surface area contributed by atoms with Gasteiger partial charge in [-0.15, -0.1) is 0 Å². The number of nitrogens with one attached hydrogen (secondary N) is 1. The predicted octanol–water partition coefficient (Wildman–Crippen LogP) is 3.96. The van der Waals surface area contributed by atoms with Crippen LogP contribution < -0.4 is 5.32 Å². The summed E-state index contributed by atoms with van der Waals surface area (Å²) in [4.78, 5) is 22.4. The number of hydrogen-bond donors (Lipinski definition) is 2. The third-order valence-corrected chi connectivity index (χ3v) is 7.10. The maximum absolute atomic E-state index is 13.5. The van der Waals surface area contributed by atoms with Crippen LogP contribution in [0, 0.1) is 11.8 Å². The quantitative estimate of drug-likeness (QED) is 0.608. The van der Waals surface area contributed by atoms with E-state index in [-0.39, 0.29) is 18.4 Å². The zero-order chi connectivity index (χ0) is 22.2. The molecule has 1 aromatic carbocycles. The number of hydrogen-bond acceptors (Lipinski definition) is 6. The summed E-state index contributed by atoms with van der Waals surface area (Å²) in [6.45, 7) is 2.21. The van der Waals surface area contributed by atoms with E-state index >= 15 is 0 Å². The Bertz CT molecular complexity index is 836. The number of aromatic nitrogens is 2. The van der Waals surface area contributed by atoms with Gasteiger partial charge in [-0.25, -0.2) is 14.8 Å². The van der Waals surface area contributed by atoms with Crippen LogP contribution in [0.2, 0.25) is 0 Å². The molecule has 2 unspecified atom stereocenters. The summed E-state index contributed by atoms with van der Waals surface area (Å²) in [7, 11) is 0. The molecule has 0 amide bonds. The van der Waals surface area contributed by atoms with Crippen LogP contribution in [0.3, 0.4) is 0 Å². The van der Waals surface area contributed by atoms with Gasteiger partial charge in [0.2, 0.25) is 0 Å². The number of piperidine rings is 1. The van der Waals surface area contributed by atoms with Crippen LogP contribution in [0.1, 0.15) is 68.7 Å². The summed E-state index contributed by atoms with van der Waals surface area (Å²) in [6, 6.07) is 11.1. The van der Waals surface area contributed by atoms with Crippen LogP contribution in [0.4, 0.5) is 0 Å². The molecule has 1 aliphatic carbocycles. The minimum absolute atomic E-state index is 0.0866. The van der Waals surface area contributed by atoms with Crippen molar-refractivity contribution in [2.24, 2.45) is 11.8 Å². The van der Waals surface area contributed by atoms with Crippen molar-refractivity contribution < 1.29 is 14.6 Å². The highest BCUT2D eigenvalue weighted by molar-refractivity contribution is 5.81. The van der Waals surface area contributed by atoms with Crippen molar-refractivity contribution in [2.75, 3.05) is 19.7 Å². The van der Waals surface area contributed by atoms with E-state index in [9.17, 15) is 9.90 Å². The maximum Gasteiger partial charge on any atom is 0.343 e. The monoisotopic (exact) mass is 437 g/mol. The number of carbonyl (C=O) groups excluding carboxylic acids is 1. The molecule has 172 valence electrons. The van der Waals surface area contributed by atoms with E-state index < -0.39 is 11.6 Å². The summed E-state index contributed by atoms with van der Waals surface area (Å²) in [5, 5.41) is 15.2. The second-order valence-electron chi connectivity index (χ2n) is 9.32. The van der Waals surface area contributed by atoms with Crippen LogP contribution >= 0.6 is 0 Å². The fraction of sp³-hybridized carbons (Fsp3) is 0.577. The molecule has 3 atom stereocenters. The van der Waals surface area contributed by atoms with Crippen molar-refractivity contribution in [3.63, 3.8) is 0 Å². The van der Waals surface area contributed by atoms with Gasteiger partial charge in [0.25, 0.3) is 0 Å². The second kappa shape index (κ2) is 11.0. The van der Waals surface area contributed by atoms with Gasteiger partial charge < -0.3 is 15.2 Å². The summed E-state index contributed by atoms with van der Waals surface area (Å²) in [5.41, 5.74) is -0.989. The molecule has 2 N–H and O–H groups in total. The Morgan fingerprint density at radius 1 is 1.06 bits per heavy atom. The van der Waals surface area contributed by atoms with Crippen molar-refractivity contribution in [3.8, 4) is 0 Å². The lowest BCUT2D eigenvalue weighted by Gasteiger charge is -2.37. The third kappa shape index (κ3) is 5.36. The SMILES string of the molecule is O=C(OCC(C[C@H]1CCCNC1)c1ncccn1)C(O)(c1ccccc1)C1CCCCC1. The molecule has 32 heavy (non-hydrogen) atoms. The fourth-order valence-corrected chi connectivity index (χ4v) is 5.32. The average Bonchev–Trinajstić information content (AvgIpc) is 2.88. The first-order valence-corrected chi connectivity index (χ1v) is 12.1. The minimum Gasteiger partial charge on any atom is -0.463 e. The van der Waals surface area contributed by atoms with Gasteiger partial charge in [0.15, 0.2) is 5.60 Å². The van der Waals surface area contributed by atoms with Crippen molar-refractivity contribution in [1.82, 2.24) is 15.3 Å². The molecule has 6 nitrogen and oxygen atoms in total. The average molecular weight is 438 g/mol. The molecule has 0 radical (unpaired) electrons. The van der Waals surface area contributed by atoms with Gasteiger partial charge in [0, 0.05) is 18.3 Å². The first-order valence-electron chi connectivity index (χ1n) is 12.1. The molecule has 0 spiro atoms. The predicted molar refractivity (Wildman–Crippen MR) is 123 cm³/mol. The highest BCUT2D eigenvalue weighted by Gasteiger charge is 2.47. The van der Waals surface area contributed by atoms with Gasteiger partial charge >= 0.3 is 5.97 Å². The van der Waals surface area contributed by atoms with E-state index in [1.165, 1.54) is 0 Å². The highest BCUT2D eigenvalue weighted by Crippen LogP contribution is 2.40. The molecular weight excluding hydrogens is 402 g/mol. The molecule has 2 heterocycles. The first kappa shape index (κ1) is 22.9. The number of nitrogens with zero attached hydrogens (tertiary/aromatic N) is 2. The van der Waals surface area contributed by atoms with E-state index in [4.69, 9.17) is 4.74 Å². The van der Waals surface area contributed by atoms with Gasteiger partial charge in [-0.2, -0.15) is 0 Å². The van der Waals surface area contributed by atoms with Crippen LogP contribution in [-0.2, 0) is 15.1 Å². The molecular formula is C26H35N3O3. The fourth-order valence-electron chi connectivity index (χ4n) is 5.32. The lowest BCUT2D eigenvalue weighted by molar-refractivity contribution is -0.176. The topological polar surface area (TPSA) is 84.3 Å². The van der Waals surface area contributed by atoms with E-state index in [2.05, 4.69) is 15.3 Å². The number of esters is 1. The molecule has 6 heteroatoms. The Hall–Kier alpha value is -2.31. The van der Waals surface area contributed by atoms with E-state index in [1.807, 2.05) is 30.3 Å². The van der Waals surface area contributed by atoms with Crippen LogP contribution in [0.25, 0.3) is 0 Å². The molecule has 1 aromatic heterocycles. The molecule has 2 aromatic rings. The highest BCUT2D eigenvalue weighted by atomic mass is 16.5. The lowest BCUT2D eigenvalue weighted by Crippen LogP contribution is -2.45. The Labute approximate surface area is 190 Å². The summed E-state index contributed by atoms with van der Waals surface area (Å²) >= 11 is 0. The van der Waals surface area contributed by atoms with E-state index in [0.29, 0.717) is 17.3 Å². The molecule has 4 rings (SSSR count). The zero-order valence-electron chi connectivity index (χ0n) is 18.8. The first-order chi connectivity index (χ1) is 15.7. The lowest BCUT2D eigenvalue weighted by atomic mass is 9.73. The number of benzene rings is 1. The number of aliphatic hydroxyl groups is 1. The van der Waals surface area contributed by atoms with Gasteiger partial charge in [0.05, 0.1) is 5.92 Å². The molecule has 1 saturated carbocycles. The van der Waals surface area contributed by atoms with Crippen LogP contribution in [-0.4, -0.2) is 40.7 Å². The Balaban J connectivity index is 1.51. The third-order valence-electron chi connectivity index (χ3n) is 7.10. The number of ether oxygens (including phenoxy) is 1. The normalized spacial score (nSPS) is 22.6. The molecule has 1 saturated heterocycles. The number of carbonyl (C=O) groups is 1. The molecule has 1 aliphatic heterocycles. The van der Waals surface area contributed by atoms with Gasteiger partial charge in [-0.3, -0.25) is 0 Å². The van der Waals surface area contributed by atoms with Gasteiger partial charge in [-0.1, -0.05) is 49.6 Å². The van der Waals surface area contributed by atoms with Crippen molar-refractivity contribution in [1.29, 1.82) is 0 Å². The standard InChI is InChI=1S/C26H35N3O3/c30-25(26(31,22-10-3-1-4-11-22)23-12-5-2-6-13-23)32-19-21(24-28-15-8-16-29-24)17-20-9-7-14-27-18-20/h1,3-4,8,10-11,15-16,20-21,23,27,31H,2,5-7,9,12-14,17-19H2/t20-,21?,26?/m1/s1. The smallest absolute Gasteiger partial charge is 0.343 e. The van der Waals surface area contributed by atoms with Gasteiger partial charge in [0.1, 0.15) is 12.4 Å². The Morgan fingerprint density at radius 3 is 2.50 bits per heavy atom. The van der Waals surface area contributed by atoms with Crippen LogP contribution in [0.15, 0.2) is 48.8 Å². The molecule has 0 bridgehead atoms. The van der Waals surface area contributed by atoms with Gasteiger partial charge in [-0.05, 0) is 62.7 Å². The van der Waals surface area contributed by atoms with Crippen molar-refractivity contribution in [2.45, 2.75) is 62.9 Å². The molecule has 2 fully saturated rings. The van der Waals surface area contributed by atoms with Crippen LogP contribution in [0.5, 0.6) is 0 Å². The van der Waals surface area contributed by atoms with Crippen molar-refractivity contribution in [3.05, 3.63) is 60.2 Å². The maximum atomic E-state index is 13.5. The molecule has 2 aliphatic rings. The van der Waals surface area contributed by atoms with E-state index in [0.717, 1.165) is 64.5 Å².